The van der Waals surface area contributed by atoms with Gasteiger partial charge in [-0.05, 0) is 13.0 Å². The van der Waals surface area contributed by atoms with Gasteiger partial charge in [0.25, 0.3) is 5.69 Å². The summed E-state index contributed by atoms with van der Waals surface area (Å²) in [6.45, 7) is 1.64. The molecule has 0 aromatic carbocycles. The SMILES string of the molecule is C[C@H](O)Cc1ccc([N+](=O)[O-])cn1. The van der Waals surface area contributed by atoms with Gasteiger partial charge in [0.05, 0.1) is 11.0 Å². The minimum atomic E-state index is -0.501. The van der Waals surface area contributed by atoms with Gasteiger partial charge in [-0.3, -0.25) is 15.1 Å². The van der Waals surface area contributed by atoms with Gasteiger partial charge in [0, 0.05) is 18.2 Å². The van der Waals surface area contributed by atoms with Crippen molar-refractivity contribution in [2.75, 3.05) is 0 Å². The van der Waals surface area contributed by atoms with Crippen molar-refractivity contribution in [2.24, 2.45) is 0 Å². The number of nitro groups is 1. The Bertz CT molecular complexity index is 295. The van der Waals surface area contributed by atoms with Crippen molar-refractivity contribution in [3.05, 3.63) is 34.1 Å². The van der Waals surface area contributed by atoms with Gasteiger partial charge in [0.2, 0.25) is 0 Å². The minimum Gasteiger partial charge on any atom is -0.393 e. The summed E-state index contributed by atoms with van der Waals surface area (Å²) < 4.78 is 0. The molecular formula is C8H10N2O3. The van der Waals surface area contributed by atoms with E-state index in [0.29, 0.717) is 12.1 Å². The zero-order valence-electron chi connectivity index (χ0n) is 7.17. The van der Waals surface area contributed by atoms with E-state index < -0.39 is 11.0 Å². The smallest absolute Gasteiger partial charge is 0.287 e. The molecule has 0 aliphatic carbocycles. The monoisotopic (exact) mass is 182 g/mol. The van der Waals surface area contributed by atoms with Crippen LogP contribution in [0.4, 0.5) is 5.69 Å². The van der Waals surface area contributed by atoms with E-state index in [1.165, 1.54) is 12.3 Å². The predicted molar refractivity (Wildman–Crippen MR) is 46.3 cm³/mol. The number of hydrogen-bond acceptors (Lipinski definition) is 4. The van der Waals surface area contributed by atoms with Crippen molar-refractivity contribution in [3.8, 4) is 0 Å². The Morgan fingerprint density at radius 2 is 2.38 bits per heavy atom. The first kappa shape index (κ1) is 9.60. The van der Waals surface area contributed by atoms with E-state index >= 15 is 0 Å². The number of rotatable bonds is 3. The van der Waals surface area contributed by atoms with Crippen molar-refractivity contribution < 1.29 is 10.0 Å². The highest BCUT2D eigenvalue weighted by atomic mass is 16.6. The fraction of sp³-hybridized carbons (Fsp3) is 0.375. The second-order valence-electron chi connectivity index (χ2n) is 2.82. The lowest BCUT2D eigenvalue weighted by Crippen LogP contribution is -2.05. The normalized spacial score (nSPS) is 12.5. The van der Waals surface area contributed by atoms with Crippen LogP contribution in [0.3, 0.4) is 0 Å². The lowest BCUT2D eigenvalue weighted by Gasteiger charge is -2.01. The molecule has 13 heavy (non-hydrogen) atoms. The van der Waals surface area contributed by atoms with Crippen LogP contribution in [0.15, 0.2) is 18.3 Å². The highest BCUT2D eigenvalue weighted by Crippen LogP contribution is 2.09. The van der Waals surface area contributed by atoms with Crippen LogP contribution in [0, 0.1) is 10.1 Å². The average Bonchev–Trinajstić information content (AvgIpc) is 2.04. The Morgan fingerprint density at radius 3 is 2.77 bits per heavy atom. The molecular weight excluding hydrogens is 172 g/mol. The van der Waals surface area contributed by atoms with Crippen molar-refractivity contribution in [1.82, 2.24) is 4.98 Å². The predicted octanol–water partition coefficient (Wildman–Crippen LogP) is 0.913. The fourth-order valence-corrected chi connectivity index (χ4v) is 0.948. The number of nitrogens with zero attached hydrogens (tertiary/aromatic N) is 2. The van der Waals surface area contributed by atoms with Gasteiger partial charge in [0.15, 0.2) is 0 Å². The number of aromatic nitrogens is 1. The van der Waals surface area contributed by atoms with Gasteiger partial charge in [-0.2, -0.15) is 0 Å². The molecule has 0 unspecified atom stereocenters. The second kappa shape index (κ2) is 3.95. The molecule has 0 fully saturated rings. The van der Waals surface area contributed by atoms with Gasteiger partial charge < -0.3 is 5.11 Å². The summed E-state index contributed by atoms with van der Waals surface area (Å²) in [4.78, 5) is 13.6. The molecule has 0 saturated carbocycles. The second-order valence-corrected chi connectivity index (χ2v) is 2.82. The van der Waals surface area contributed by atoms with Crippen molar-refractivity contribution in [1.29, 1.82) is 0 Å². The zero-order chi connectivity index (χ0) is 9.84. The summed E-state index contributed by atoms with van der Waals surface area (Å²) in [5.74, 6) is 0. The van der Waals surface area contributed by atoms with E-state index in [4.69, 9.17) is 5.11 Å². The largest absolute Gasteiger partial charge is 0.393 e. The molecule has 0 radical (unpaired) electrons. The van der Waals surface area contributed by atoms with Crippen LogP contribution in [-0.2, 0) is 6.42 Å². The van der Waals surface area contributed by atoms with Crippen LogP contribution in [-0.4, -0.2) is 21.1 Å². The lowest BCUT2D eigenvalue weighted by atomic mass is 10.2. The van der Waals surface area contributed by atoms with Crippen molar-refractivity contribution in [3.63, 3.8) is 0 Å². The quantitative estimate of drug-likeness (QED) is 0.556. The molecule has 1 rings (SSSR count). The third kappa shape index (κ3) is 2.79. The van der Waals surface area contributed by atoms with Gasteiger partial charge in [0.1, 0.15) is 6.20 Å². The van der Waals surface area contributed by atoms with Crippen LogP contribution in [0.25, 0.3) is 0 Å². The lowest BCUT2D eigenvalue weighted by molar-refractivity contribution is -0.385. The molecule has 70 valence electrons. The minimum absolute atomic E-state index is 0.0330. The molecule has 5 heteroatoms. The van der Waals surface area contributed by atoms with Gasteiger partial charge >= 0.3 is 0 Å². The number of pyridine rings is 1. The molecule has 0 bridgehead atoms. The molecule has 5 nitrogen and oxygen atoms in total. The maximum absolute atomic E-state index is 10.3. The molecule has 0 spiro atoms. The third-order valence-electron chi connectivity index (χ3n) is 1.52. The molecule has 0 aliphatic rings. The van der Waals surface area contributed by atoms with Gasteiger partial charge in [-0.15, -0.1) is 0 Å². The number of aliphatic hydroxyl groups is 1. The maximum Gasteiger partial charge on any atom is 0.287 e. The van der Waals surface area contributed by atoms with Crippen LogP contribution >= 0.6 is 0 Å². The van der Waals surface area contributed by atoms with Crippen molar-refractivity contribution >= 4 is 5.69 Å². The Balaban J connectivity index is 2.75. The van der Waals surface area contributed by atoms with E-state index in [0.717, 1.165) is 0 Å². The Kier molecular flexibility index (Phi) is 2.92. The summed E-state index contributed by atoms with van der Waals surface area (Å²) >= 11 is 0. The third-order valence-corrected chi connectivity index (χ3v) is 1.52. The Labute approximate surface area is 75.2 Å². The summed E-state index contributed by atoms with van der Waals surface area (Å²) in [6.07, 6.45) is 1.13. The zero-order valence-corrected chi connectivity index (χ0v) is 7.17. The average molecular weight is 182 g/mol. The fourth-order valence-electron chi connectivity index (χ4n) is 0.948. The molecule has 1 aromatic rings. The summed E-state index contributed by atoms with van der Waals surface area (Å²) in [5.41, 5.74) is 0.620. The standard InChI is InChI=1S/C8H10N2O3/c1-6(11)4-7-2-3-8(5-9-7)10(12)13/h2-3,5-6,11H,4H2,1H3/t6-/m0/s1. The van der Waals surface area contributed by atoms with Crippen molar-refractivity contribution in [2.45, 2.75) is 19.4 Å². The highest BCUT2D eigenvalue weighted by Gasteiger charge is 2.06. The van der Waals surface area contributed by atoms with Crippen LogP contribution in [0.5, 0.6) is 0 Å². The first-order valence-corrected chi connectivity index (χ1v) is 3.87. The van der Waals surface area contributed by atoms with Crippen LogP contribution in [0.1, 0.15) is 12.6 Å². The first-order chi connectivity index (χ1) is 6.09. The molecule has 0 aliphatic heterocycles. The molecule has 1 aromatic heterocycles. The molecule has 0 saturated heterocycles. The number of aliphatic hydroxyl groups excluding tert-OH is 1. The first-order valence-electron chi connectivity index (χ1n) is 3.87. The van der Waals surface area contributed by atoms with Gasteiger partial charge in [-0.25, -0.2) is 0 Å². The molecule has 1 heterocycles. The van der Waals surface area contributed by atoms with E-state index in [1.807, 2.05) is 0 Å². The number of hydrogen-bond donors (Lipinski definition) is 1. The van der Waals surface area contributed by atoms with Gasteiger partial charge in [-0.1, -0.05) is 0 Å². The Hall–Kier alpha value is -1.49. The molecule has 1 N–H and O–H groups in total. The summed E-state index contributed by atoms with van der Waals surface area (Å²) in [6, 6.07) is 2.93. The molecule has 0 amide bonds. The van der Waals surface area contributed by atoms with E-state index in [9.17, 15) is 10.1 Å². The highest BCUT2D eigenvalue weighted by molar-refractivity contribution is 5.26. The Morgan fingerprint density at radius 1 is 1.69 bits per heavy atom. The molecule has 1 atom stereocenters. The van der Waals surface area contributed by atoms with Crippen LogP contribution in [0.2, 0.25) is 0 Å². The summed E-state index contributed by atoms with van der Waals surface area (Å²) in [7, 11) is 0. The van der Waals surface area contributed by atoms with E-state index in [1.54, 1.807) is 13.0 Å². The summed E-state index contributed by atoms with van der Waals surface area (Å²) in [5, 5.41) is 19.3. The van der Waals surface area contributed by atoms with Crippen LogP contribution < -0.4 is 0 Å². The van der Waals surface area contributed by atoms with E-state index in [2.05, 4.69) is 4.98 Å². The maximum atomic E-state index is 10.3. The topological polar surface area (TPSA) is 76.3 Å². The van der Waals surface area contributed by atoms with E-state index in [-0.39, 0.29) is 5.69 Å².